The summed E-state index contributed by atoms with van der Waals surface area (Å²) in [6.07, 6.45) is 0. The fourth-order valence-electron chi connectivity index (χ4n) is 5.65. The second kappa shape index (κ2) is 11.5. The summed E-state index contributed by atoms with van der Waals surface area (Å²) < 4.78 is 6.34. The van der Waals surface area contributed by atoms with Gasteiger partial charge in [-0.3, -0.25) is 0 Å². The summed E-state index contributed by atoms with van der Waals surface area (Å²) in [6, 6.07) is 55.7. The molecule has 0 aliphatic heterocycles. The Balaban J connectivity index is 1.22. The lowest BCUT2D eigenvalue weighted by Crippen LogP contribution is -1.96. The zero-order valence-corrected chi connectivity index (χ0v) is 24.3. The van der Waals surface area contributed by atoms with E-state index >= 15 is 0 Å². The fourth-order valence-corrected chi connectivity index (χ4v) is 5.65. The van der Waals surface area contributed by atoms with Gasteiger partial charge in [0.25, 0.3) is 0 Å². The van der Waals surface area contributed by atoms with Crippen LogP contribution >= 0.6 is 0 Å². The van der Waals surface area contributed by atoms with Crippen molar-refractivity contribution in [3.8, 4) is 67.6 Å². The van der Waals surface area contributed by atoms with Crippen molar-refractivity contribution in [2.45, 2.75) is 0 Å². The predicted molar refractivity (Wildman–Crippen MR) is 182 cm³/mol. The molecule has 8 rings (SSSR count). The highest BCUT2D eigenvalue weighted by Gasteiger charge is 2.15. The number of oxazole rings is 1. The molecule has 0 radical (unpaired) electrons. The van der Waals surface area contributed by atoms with Gasteiger partial charge >= 0.3 is 0 Å². The molecular weight excluding hydrogens is 550 g/mol. The molecule has 0 saturated carbocycles. The molecule has 4 heteroatoms. The lowest BCUT2D eigenvalue weighted by molar-refractivity contribution is 0.621. The molecule has 6 aromatic carbocycles. The Morgan fingerprint density at radius 1 is 0.356 bits per heavy atom. The molecule has 0 bridgehead atoms. The van der Waals surface area contributed by atoms with Crippen LogP contribution in [0.5, 0.6) is 0 Å². The molecule has 45 heavy (non-hydrogen) atoms. The van der Waals surface area contributed by atoms with Crippen LogP contribution in [-0.2, 0) is 0 Å². The first-order valence-corrected chi connectivity index (χ1v) is 14.9. The number of rotatable bonds is 6. The van der Waals surface area contributed by atoms with Gasteiger partial charge < -0.3 is 4.42 Å². The molecule has 0 aliphatic carbocycles. The fraction of sp³-hybridized carbons (Fsp3) is 0. The summed E-state index contributed by atoms with van der Waals surface area (Å²) in [5, 5.41) is 0. The first-order chi connectivity index (χ1) is 22.3. The average Bonchev–Trinajstić information content (AvgIpc) is 3.58. The Hall–Kier alpha value is -6.13. The molecule has 0 atom stereocenters. The number of benzene rings is 6. The van der Waals surface area contributed by atoms with E-state index in [-0.39, 0.29) is 0 Å². The van der Waals surface area contributed by atoms with Gasteiger partial charge in [-0.1, -0.05) is 133 Å². The van der Waals surface area contributed by atoms with Crippen LogP contribution in [0.1, 0.15) is 0 Å². The van der Waals surface area contributed by atoms with Crippen LogP contribution in [0.25, 0.3) is 78.7 Å². The van der Waals surface area contributed by atoms with Crippen molar-refractivity contribution in [2.24, 2.45) is 0 Å². The molecule has 8 aromatic rings. The van der Waals surface area contributed by atoms with E-state index in [1.54, 1.807) is 0 Å². The van der Waals surface area contributed by atoms with Gasteiger partial charge in [-0.15, -0.1) is 0 Å². The zero-order chi connectivity index (χ0) is 30.0. The third-order valence-electron chi connectivity index (χ3n) is 7.95. The Morgan fingerprint density at radius 3 is 1.60 bits per heavy atom. The van der Waals surface area contributed by atoms with Gasteiger partial charge in [0, 0.05) is 27.8 Å². The molecule has 212 valence electrons. The minimum atomic E-state index is 0.612. The summed E-state index contributed by atoms with van der Waals surface area (Å²) in [5.41, 5.74) is 11.6. The van der Waals surface area contributed by atoms with Crippen molar-refractivity contribution in [1.82, 2.24) is 15.0 Å². The van der Waals surface area contributed by atoms with E-state index in [9.17, 15) is 0 Å². The quantitative estimate of drug-likeness (QED) is 0.197. The highest BCUT2D eigenvalue weighted by atomic mass is 16.3. The largest absolute Gasteiger partial charge is 0.435 e. The van der Waals surface area contributed by atoms with Crippen LogP contribution in [-0.4, -0.2) is 15.0 Å². The lowest BCUT2D eigenvalue weighted by atomic mass is 9.99. The summed E-state index contributed by atoms with van der Waals surface area (Å²) in [7, 11) is 0. The highest BCUT2D eigenvalue weighted by molar-refractivity contribution is 5.92. The van der Waals surface area contributed by atoms with E-state index < -0.39 is 0 Å². The van der Waals surface area contributed by atoms with E-state index in [0.717, 1.165) is 61.4 Å². The molecule has 0 fully saturated rings. The van der Waals surface area contributed by atoms with Gasteiger partial charge in [0.15, 0.2) is 11.4 Å². The first-order valence-electron chi connectivity index (χ1n) is 14.9. The van der Waals surface area contributed by atoms with Gasteiger partial charge in [-0.2, -0.15) is 0 Å². The maximum Gasteiger partial charge on any atom is 0.227 e. The lowest BCUT2D eigenvalue weighted by Gasteiger charge is -2.11. The third-order valence-corrected chi connectivity index (χ3v) is 7.95. The molecule has 0 spiro atoms. The third kappa shape index (κ3) is 5.30. The Labute approximate surface area is 261 Å². The van der Waals surface area contributed by atoms with Crippen molar-refractivity contribution >= 4 is 11.1 Å². The summed E-state index contributed by atoms with van der Waals surface area (Å²) >= 11 is 0. The molecule has 0 unspecified atom stereocenters. The second-order valence-corrected chi connectivity index (χ2v) is 10.9. The van der Waals surface area contributed by atoms with Gasteiger partial charge in [0.1, 0.15) is 5.52 Å². The van der Waals surface area contributed by atoms with Crippen molar-refractivity contribution in [2.75, 3.05) is 0 Å². The molecule has 2 heterocycles. The summed E-state index contributed by atoms with van der Waals surface area (Å²) in [6.45, 7) is 0. The molecule has 0 amide bonds. The maximum absolute atomic E-state index is 6.34. The first kappa shape index (κ1) is 26.5. The normalized spacial score (nSPS) is 11.1. The molecular formula is C41H27N3O. The van der Waals surface area contributed by atoms with Crippen molar-refractivity contribution in [3.63, 3.8) is 0 Å². The Kier molecular flexibility index (Phi) is 6.78. The molecule has 2 aromatic heterocycles. The van der Waals surface area contributed by atoms with Crippen LogP contribution in [0.15, 0.2) is 168 Å². The van der Waals surface area contributed by atoms with Crippen molar-refractivity contribution < 1.29 is 4.42 Å². The number of aromatic nitrogens is 3. The SMILES string of the molecule is c1ccc(-c2ccc(-c3nc(-c4ccccc4)cc(-c4cccc(-c5cccc6nc(-c7ccccc7)oc56)c4)n3)cc2)cc1. The number of para-hydroxylation sites is 1. The van der Waals surface area contributed by atoms with Crippen LogP contribution in [0.3, 0.4) is 0 Å². The Morgan fingerprint density at radius 2 is 0.889 bits per heavy atom. The standard InChI is InChI=1S/C41H27N3O/c1-4-12-28(13-5-1)29-22-24-31(25-23-29)40-42-37(30-14-6-2-7-15-30)27-38(43-40)34-19-10-18-33(26-34)35-20-11-21-36-39(35)45-41(44-36)32-16-8-3-9-17-32/h1-27H. The van der Waals surface area contributed by atoms with E-state index in [0.29, 0.717) is 11.7 Å². The highest BCUT2D eigenvalue weighted by Crippen LogP contribution is 2.35. The number of nitrogens with zero attached hydrogens (tertiary/aromatic N) is 3. The van der Waals surface area contributed by atoms with E-state index in [1.165, 1.54) is 5.56 Å². The van der Waals surface area contributed by atoms with E-state index in [4.69, 9.17) is 19.4 Å². The topological polar surface area (TPSA) is 51.8 Å². The van der Waals surface area contributed by atoms with Crippen LogP contribution in [0, 0.1) is 0 Å². The van der Waals surface area contributed by atoms with Gasteiger partial charge in [-0.25, -0.2) is 15.0 Å². The molecule has 0 saturated heterocycles. The summed E-state index contributed by atoms with van der Waals surface area (Å²) in [4.78, 5) is 14.9. The number of hydrogen-bond donors (Lipinski definition) is 0. The van der Waals surface area contributed by atoms with Gasteiger partial charge in [0.05, 0.1) is 11.4 Å². The van der Waals surface area contributed by atoms with E-state index in [2.05, 4.69) is 97.1 Å². The second-order valence-electron chi connectivity index (χ2n) is 10.9. The predicted octanol–water partition coefficient (Wildman–Crippen LogP) is 10.6. The molecule has 0 N–H and O–H groups in total. The maximum atomic E-state index is 6.34. The Bertz CT molecular complexity index is 2240. The zero-order valence-electron chi connectivity index (χ0n) is 24.3. The van der Waals surface area contributed by atoms with Crippen molar-refractivity contribution in [1.29, 1.82) is 0 Å². The van der Waals surface area contributed by atoms with Gasteiger partial charge in [-0.05, 0) is 47.0 Å². The van der Waals surface area contributed by atoms with Crippen LogP contribution < -0.4 is 0 Å². The molecule has 4 nitrogen and oxygen atoms in total. The number of hydrogen-bond acceptors (Lipinski definition) is 4. The minimum absolute atomic E-state index is 0.612. The number of fused-ring (bicyclic) bond motifs is 1. The molecule has 0 aliphatic rings. The van der Waals surface area contributed by atoms with Crippen LogP contribution in [0.2, 0.25) is 0 Å². The smallest absolute Gasteiger partial charge is 0.227 e. The monoisotopic (exact) mass is 577 g/mol. The van der Waals surface area contributed by atoms with Gasteiger partial charge in [0.2, 0.25) is 5.89 Å². The summed E-state index contributed by atoms with van der Waals surface area (Å²) in [5.74, 6) is 1.29. The van der Waals surface area contributed by atoms with Crippen LogP contribution in [0.4, 0.5) is 0 Å². The average molecular weight is 578 g/mol. The van der Waals surface area contributed by atoms with E-state index in [1.807, 2.05) is 66.7 Å². The van der Waals surface area contributed by atoms with Crippen molar-refractivity contribution in [3.05, 3.63) is 164 Å². The minimum Gasteiger partial charge on any atom is -0.435 e.